The Morgan fingerprint density at radius 3 is 1.76 bits per heavy atom. The van der Waals surface area contributed by atoms with E-state index in [1.807, 2.05) is 41.3 Å². The molecule has 8 rings (SSSR count). The molecule has 9 heteroatoms. The molecule has 0 bridgehead atoms. The summed E-state index contributed by atoms with van der Waals surface area (Å²) in [6, 6.07) is 11.5. The summed E-state index contributed by atoms with van der Waals surface area (Å²) in [5.74, 6) is 0.110. The molecular formula is C41H49Cl2N5O2. The molecule has 264 valence electrons. The van der Waals surface area contributed by atoms with Gasteiger partial charge in [0, 0.05) is 52.9 Å². The average molecular weight is 715 g/mol. The van der Waals surface area contributed by atoms with Gasteiger partial charge in [-0.3, -0.25) is 19.6 Å². The van der Waals surface area contributed by atoms with E-state index in [4.69, 9.17) is 33.2 Å². The highest BCUT2D eigenvalue weighted by molar-refractivity contribution is 6.36. The first-order chi connectivity index (χ1) is 24.5. The fourth-order valence-electron chi connectivity index (χ4n) is 8.08. The zero-order valence-electron chi connectivity index (χ0n) is 29.2. The lowest BCUT2D eigenvalue weighted by molar-refractivity contribution is 0.0761. The van der Waals surface area contributed by atoms with E-state index in [2.05, 4.69) is 10.2 Å². The number of likely N-dealkylation sites (tertiary alicyclic amines) is 2. The fraction of sp³-hybridized carbons (Fsp3) is 0.512. The number of nitrogens with zero attached hydrogens (tertiary/aromatic N) is 4. The number of carbonyl (C=O) groups excluding carboxylic acids is 2. The largest absolute Gasteiger partial charge is 0.352 e. The van der Waals surface area contributed by atoms with Crippen molar-refractivity contribution in [3.05, 3.63) is 80.1 Å². The number of hydrogen-bond acceptors (Lipinski definition) is 5. The Balaban J connectivity index is 0.000000157. The molecule has 0 atom stereocenters. The average Bonchev–Trinajstić information content (AvgIpc) is 3.53. The Bertz CT molecular complexity index is 1860. The maximum Gasteiger partial charge on any atom is 0.253 e. The van der Waals surface area contributed by atoms with Crippen LogP contribution in [0, 0.1) is 0 Å². The second kappa shape index (κ2) is 16.4. The van der Waals surface area contributed by atoms with Crippen LogP contribution in [-0.4, -0.2) is 70.9 Å². The maximum absolute atomic E-state index is 12.8. The number of rotatable bonds is 6. The summed E-state index contributed by atoms with van der Waals surface area (Å²) in [5.41, 5.74) is 7.74. The molecule has 2 aliphatic heterocycles. The third-order valence-electron chi connectivity index (χ3n) is 10.9. The van der Waals surface area contributed by atoms with E-state index in [0.29, 0.717) is 12.1 Å². The van der Waals surface area contributed by atoms with Gasteiger partial charge in [-0.05, 0) is 138 Å². The molecule has 4 aliphatic rings. The number of benzene rings is 2. The number of halogens is 2. The third-order valence-corrected chi connectivity index (χ3v) is 11.8. The van der Waals surface area contributed by atoms with Gasteiger partial charge in [0.25, 0.3) is 11.8 Å². The number of nitrogens with one attached hydrogen (secondary N) is 1. The van der Waals surface area contributed by atoms with Gasteiger partial charge in [-0.25, -0.2) is 0 Å². The van der Waals surface area contributed by atoms with Gasteiger partial charge in [0.05, 0.1) is 21.1 Å². The van der Waals surface area contributed by atoms with E-state index in [9.17, 15) is 9.59 Å². The van der Waals surface area contributed by atoms with E-state index in [1.165, 1.54) is 75.6 Å². The Morgan fingerprint density at radius 2 is 1.16 bits per heavy atom. The Morgan fingerprint density at radius 1 is 0.640 bits per heavy atom. The molecule has 2 aromatic carbocycles. The highest BCUT2D eigenvalue weighted by Crippen LogP contribution is 2.34. The number of amides is 2. The van der Waals surface area contributed by atoms with E-state index >= 15 is 0 Å². The zero-order chi connectivity index (χ0) is 34.5. The summed E-state index contributed by atoms with van der Waals surface area (Å²) in [4.78, 5) is 39.4. The monoisotopic (exact) mass is 713 g/mol. The quantitative estimate of drug-likeness (QED) is 0.202. The van der Waals surface area contributed by atoms with E-state index < -0.39 is 0 Å². The van der Waals surface area contributed by atoms with E-state index in [0.717, 1.165) is 113 Å². The summed E-state index contributed by atoms with van der Waals surface area (Å²) >= 11 is 13.2. The van der Waals surface area contributed by atoms with Crippen molar-refractivity contribution in [2.75, 3.05) is 39.3 Å². The van der Waals surface area contributed by atoms with Crippen molar-refractivity contribution in [2.45, 2.75) is 96.3 Å². The van der Waals surface area contributed by atoms with Gasteiger partial charge in [0.1, 0.15) is 0 Å². The lowest BCUT2D eigenvalue weighted by Crippen LogP contribution is -2.31. The fourth-order valence-corrected chi connectivity index (χ4v) is 8.80. The van der Waals surface area contributed by atoms with Crippen molar-refractivity contribution < 1.29 is 9.59 Å². The van der Waals surface area contributed by atoms with Crippen LogP contribution in [0.4, 0.5) is 0 Å². The van der Waals surface area contributed by atoms with Crippen LogP contribution in [0.2, 0.25) is 10.0 Å². The summed E-state index contributed by atoms with van der Waals surface area (Å²) in [6.45, 7) is 5.93. The molecule has 50 heavy (non-hydrogen) atoms. The third kappa shape index (κ3) is 7.95. The normalized spacial score (nSPS) is 17.8. The summed E-state index contributed by atoms with van der Waals surface area (Å²) in [5, 5.41) is 6.63. The van der Waals surface area contributed by atoms with Crippen LogP contribution in [0.3, 0.4) is 0 Å². The summed E-state index contributed by atoms with van der Waals surface area (Å²) in [7, 11) is 0. The lowest BCUT2D eigenvalue weighted by atomic mass is 9.94. The minimum absolute atomic E-state index is 0.0241. The molecule has 0 spiro atoms. The van der Waals surface area contributed by atoms with Gasteiger partial charge in [-0.1, -0.05) is 48.2 Å². The predicted octanol–water partition coefficient (Wildman–Crippen LogP) is 8.77. The summed E-state index contributed by atoms with van der Waals surface area (Å²) < 4.78 is 0. The smallest absolute Gasteiger partial charge is 0.253 e. The van der Waals surface area contributed by atoms with E-state index in [1.54, 1.807) is 0 Å². The topological polar surface area (TPSA) is 78.4 Å². The van der Waals surface area contributed by atoms with E-state index in [-0.39, 0.29) is 11.8 Å². The van der Waals surface area contributed by atoms with Crippen LogP contribution in [0.5, 0.6) is 0 Å². The molecule has 4 aromatic rings. The number of hydrogen-bond donors (Lipinski definition) is 1. The van der Waals surface area contributed by atoms with Gasteiger partial charge in [-0.15, -0.1) is 0 Å². The number of aryl methyl sites for hydroxylation is 2. The van der Waals surface area contributed by atoms with Gasteiger partial charge < -0.3 is 15.1 Å². The van der Waals surface area contributed by atoms with Crippen LogP contribution >= 0.6 is 23.2 Å². The van der Waals surface area contributed by atoms with Gasteiger partial charge in [0.15, 0.2) is 0 Å². The van der Waals surface area contributed by atoms with Gasteiger partial charge in [-0.2, -0.15) is 0 Å². The molecule has 2 aromatic heterocycles. The first-order valence-electron chi connectivity index (χ1n) is 19.0. The first kappa shape index (κ1) is 35.2. The molecule has 2 fully saturated rings. The SMILES string of the molecule is O=C(NCCCN1CCCC1)c1ccc2c(Cl)c3c(nc2c1)CCCC3.O=C(c1ccc2c(Cl)c3c(nc2c1)CCCC3)N1CCCCCC1. The highest BCUT2D eigenvalue weighted by Gasteiger charge is 2.22. The minimum atomic E-state index is -0.0241. The van der Waals surface area contributed by atoms with Crippen LogP contribution < -0.4 is 5.32 Å². The van der Waals surface area contributed by atoms with Crippen molar-refractivity contribution >= 4 is 56.8 Å². The molecule has 2 saturated heterocycles. The molecule has 1 N–H and O–H groups in total. The molecule has 7 nitrogen and oxygen atoms in total. The Labute approximate surface area is 306 Å². The molecule has 0 unspecified atom stereocenters. The standard InChI is InChI=1S/C21H26ClN3O.C20H23ClN2O/c22-20-16-6-1-2-7-18(16)24-19-14-15(8-9-17(19)20)21(26)23-10-5-13-25-11-3-4-12-25;21-19-15-7-3-4-8-17(15)22-18-13-14(9-10-16(18)19)20(24)23-11-5-1-2-6-12-23/h8-9,14H,1-7,10-13H2,(H,23,26);9-10,13H,1-8,11-12H2. The molecule has 2 aliphatic carbocycles. The van der Waals surface area contributed by atoms with Gasteiger partial charge in [0.2, 0.25) is 0 Å². The van der Waals surface area contributed by atoms with Crippen LogP contribution in [0.1, 0.15) is 114 Å². The molecule has 0 radical (unpaired) electrons. The van der Waals surface area contributed by atoms with Crippen molar-refractivity contribution in [1.29, 1.82) is 0 Å². The number of pyridine rings is 2. The molecular weight excluding hydrogens is 665 g/mol. The van der Waals surface area contributed by atoms with Crippen LogP contribution in [0.15, 0.2) is 36.4 Å². The maximum atomic E-state index is 12.8. The predicted molar refractivity (Wildman–Crippen MR) is 204 cm³/mol. The second-order valence-corrected chi connectivity index (χ2v) is 15.2. The minimum Gasteiger partial charge on any atom is -0.352 e. The highest BCUT2D eigenvalue weighted by atomic mass is 35.5. The number of aromatic nitrogens is 2. The molecule has 0 saturated carbocycles. The van der Waals surface area contributed by atoms with Crippen molar-refractivity contribution in [3.8, 4) is 0 Å². The van der Waals surface area contributed by atoms with Crippen molar-refractivity contribution in [2.24, 2.45) is 0 Å². The zero-order valence-corrected chi connectivity index (χ0v) is 30.7. The Kier molecular flexibility index (Phi) is 11.5. The van der Waals surface area contributed by atoms with Crippen molar-refractivity contribution in [3.63, 3.8) is 0 Å². The second-order valence-electron chi connectivity index (χ2n) is 14.4. The number of fused-ring (bicyclic) bond motifs is 4. The Hall–Kier alpha value is -3.26. The summed E-state index contributed by atoms with van der Waals surface area (Å²) in [6.07, 6.45) is 17.0. The van der Waals surface area contributed by atoms with Crippen LogP contribution in [0.25, 0.3) is 21.8 Å². The van der Waals surface area contributed by atoms with Crippen LogP contribution in [-0.2, 0) is 25.7 Å². The first-order valence-corrected chi connectivity index (χ1v) is 19.7. The lowest BCUT2D eigenvalue weighted by Gasteiger charge is -2.21. The van der Waals surface area contributed by atoms with Gasteiger partial charge >= 0.3 is 0 Å². The molecule has 4 heterocycles. The number of carbonyl (C=O) groups is 2. The molecule has 2 amide bonds. The van der Waals surface area contributed by atoms with Crippen molar-refractivity contribution in [1.82, 2.24) is 25.1 Å².